The molecule has 0 saturated heterocycles. The van der Waals surface area contributed by atoms with Crippen molar-refractivity contribution < 1.29 is 9.15 Å². The summed E-state index contributed by atoms with van der Waals surface area (Å²) in [6, 6.07) is 11.7. The predicted molar refractivity (Wildman–Crippen MR) is 117 cm³/mol. The van der Waals surface area contributed by atoms with Crippen molar-refractivity contribution in [2.75, 3.05) is 7.11 Å². The highest BCUT2D eigenvalue weighted by Crippen LogP contribution is 2.40. The van der Waals surface area contributed by atoms with Gasteiger partial charge in [-0.05, 0) is 48.5 Å². The molecule has 0 amide bonds. The lowest BCUT2D eigenvalue weighted by atomic mass is 10.1. The second-order valence-electron chi connectivity index (χ2n) is 6.37. The topological polar surface area (TPSA) is 78.9 Å². The normalized spacial score (nSPS) is 11.3. The fourth-order valence-corrected chi connectivity index (χ4v) is 5.20. The first-order valence-electron chi connectivity index (χ1n) is 9.30. The molecule has 5 aromatic rings. The molecule has 5 rings (SSSR count). The van der Waals surface area contributed by atoms with Crippen molar-refractivity contribution in [3.05, 3.63) is 54.4 Å². The molecule has 0 radical (unpaired) electrons. The Morgan fingerprint density at radius 3 is 2.73 bits per heavy atom. The minimum Gasteiger partial charge on any atom is -0.497 e. The Hall–Kier alpha value is -3.17. The number of hydrogen-bond acceptors (Lipinski definition) is 8. The zero-order valence-corrected chi connectivity index (χ0v) is 17.9. The molecule has 4 heterocycles. The third-order valence-corrected chi connectivity index (χ3v) is 6.57. The van der Waals surface area contributed by atoms with Crippen LogP contribution < -0.4 is 4.74 Å². The Balaban J connectivity index is 1.58. The highest BCUT2D eigenvalue weighted by atomic mass is 32.2. The number of aromatic nitrogens is 5. The van der Waals surface area contributed by atoms with Gasteiger partial charge >= 0.3 is 0 Å². The SMILES string of the molecule is CCn1c(Sc2ncnc3scc(-c4ccc(OC)cc4)c23)nnc1-c1ccco1. The zero-order chi connectivity index (χ0) is 20.5. The average molecular weight is 436 g/mol. The van der Waals surface area contributed by atoms with Gasteiger partial charge in [-0.25, -0.2) is 9.97 Å². The first kappa shape index (κ1) is 18.8. The fourth-order valence-electron chi connectivity index (χ4n) is 3.23. The van der Waals surface area contributed by atoms with Crippen molar-refractivity contribution in [3.63, 3.8) is 0 Å². The molecule has 7 nitrogen and oxygen atoms in total. The van der Waals surface area contributed by atoms with Crippen LogP contribution in [0.3, 0.4) is 0 Å². The molecule has 9 heteroatoms. The Morgan fingerprint density at radius 2 is 2.00 bits per heavy atom. The molecule has 30 heavy (non-hydrogen) atoms. The molecule has 0 spiro atoms. The number of methoxy groups -OCH3 is 1. The smallest absolute Gasteiger partial charge is 0.200 e. The summed E-state index contributed by atoms with van der Waals surface area (Å²) in [6.07, 6.45) is 3.23. The van der Waals surface area contributed by atoms with E-state index < -0.39 is 0 Å². The number of thiophene rings is 1. The van der Waals surface area contributed by atoms with Gasteiger partial charge in [0.2, 0.25) is 0 Å². The summed E-state index contributed by atoms with van der Waals surface area (Å²) in [7, 11) is 1.67. The van der Waals surface area contributed by atoms with Crippen LogP contribution in [0.15, 0.2) is 69.0 Å². The molecule has 0 unspecified atom stereocenters. The van der Waals surface area contributed by atoms with E-state index in [1.165, 1.54) is 11.8 Å². The van der Waals surface area contributed by atoms with Crippen molar-refractivity contribution in [1.82, 2.24) is 24.7 Å². The first-order valence-corrected chi connectivity index (χ1v) is 11.0. The molecule has 0 fully saturated rings. The molecule has 0 aliphatic rings. The predicted octanol–water partition coefficient (Wildman–Crippen LogP) is 5.39. The van der Waals surface area contributed by atoms with Crippen molar-refractivity contribution in [2.45, 2.75) is 23.7 Å². The van der Waals surface area contributed by atoms with Gasteiger partial charge < -0.3 is 9.15 Å². The lowest BCUT2D eigenvalue weighted by molar-refractivity contribution is 0.415. The van der Waals surface area contributed by atoms with E-state index in [9.17, 15) is 0 Å². The third-order valence-electron chi connectivity index (χ3n) is 4.70. The Morgan fingerprint density at radius 1 is 1.13 bits per heavy atom. The second kappa shape index (κ2) is 7.92. The number of rotatable bonds is 6. The Kier molecular flexibility index (Phi) is 4.97. The molecule has 150 valence electrons. The summed E-state index contributed by atoms with van der Waals surface area (Å²) < 4.78 is 12.8. The van der Waals surface area contributed by atoms with Crippen LogP contribution in [0, 0.1) is 0 Å². The highest BCUT2D eigenvalue weighted by molar-refractivity contribution is 7.99. The van der Waals surface area contributed by atoms with Gasteiger partial charge in [-0.1, -0.05) is 12.1 Å². The van der Waals surface area contributed by atoms with Crippen molar-refractivity contribution in [2.24, 2.45) is 0 Å². The summed E-state index contributed by atoms with van der Waals surface area (Å²) in [5, 5.41) is 13.5. The molecule has 0 saturated carbocycles. The van der Waals surface area contributed by atoms with Crippen molar-refractivity contribution in [1.29, 1.82) is 0 Å². The van der Waals surface area contributed by atoms with E-state index in [1.54, 1.807) is 31.0 Å². The van der Waals surface area contributed by atoms with Gasteiger partial charge in [0.1, 0.15) is 21.9 Å². The van der Waals surface area contributed by atoms with E-state index in [4.69, 9.17) is 9.15 Å². The zero-order valence-electron chi connectivity index (χ0n) is 16.3. The summed E-state index contributed by atoms with van der Waals surface area (Å²) in [4.78, 5) is 9.97. The number of nitrogens with zero attached hydrogens (tertiary/aromatic N) is 5. The molecule has 0 N–H and O–H groups in total. The van der Waals surface area contributed by atoms with Gasteiger partial charge in [-0.15, -0.1) is 21.5 Å². The molecule has 0 bridgehead atoms. The van der Waals surface area contributed by atoms with Crippen LogP contribution in [0.5, 0.6) is 5.75 Å². The minimum absolute atomic E-state index is 0.693. The van der Waals surface area contributed by atoms with Crippen LogP contribution >= 0.6 is 23.1 Å². The van der Waals surface area contributed by atoms with E-state index in [-0.39, 0.29) is 0 Å². The van der Waals surface area contributed by atoms with Crippen LogP contribution in [0.2, 0.25) is 0 Å². The Bertz CT molecular complexity index is 1290. The molecule has 0 atom stereocenters. The van der Waals surface area contributed by atoms with Gasteiger partial charge in [0.25, 0.3) is 0 Å². The maximum atomic E-state index is 5.51. The minimum atomic E-state index is 0.693. The van der Waals surface area contributed by atoms with E-state index >= 15 is 0 Å². The van der Waals surface area contributed by atoms with E-state index in [0.717, 1.165) is 37.3 Å². The van der Waals surface area contributed by atoms with E-state index in [2.05, 4.69) is 32.5 Å². The maximum absolute atomic E-state index is 5.51. The summed E-state index contributed by atoms with van der Waals surface area (Å²) >= 11 is 3.09. The van der Waals surface area contributed by atoms with Gasteiger partial charge in [0.05, 0.1) is 18.8 Å². The quantitative estimate of drug-likeness (QED) is 0.331. The lowest BCUT2D eigenvalue weighted by Gasteiger charge is -2.07. The van der Waals surface area contributed by atoms with Gasteiger partial charge in [0.15, 0.2) is 16.7 Å². The average Bonchev–Trinajstić information content (AvgIpc) is 3.53. The van der Waals surface area contributed by atoms with Crippen LogP contribution in [0.25, 0.3) is 32.9 Å². The summed E-state index contributed by atoms with van der Waals surface area (Å²) in [5.41, 5.74) is 2.18. The van der Waals surface area contributed by atoms with Gasteiger partial charge in [-0.2, -0.15) is 0 Å². The number of ether oxygens (including phenoxy) is 1. The number of furan rings is 1. The van der Waals surface area contributed by atoms with E-state index in [1.807, 2.05) is 41.0 Å². The number of benzene rings is 1. The number of fused-ring (bicyclic) bond motifs is 1. The number of hydrogen-bond donors (Lipinski definition) is 0. The first-order chi connectivity index (χ1) is 14.8. The summed E-state index contributed by atoms with van der Waals surface area (Å²) in [6.45, 7) is 2.78. The third kappa shape index (κ3) is 3.25. The lowest BCUT2D eigenvalue weighted by Crippen LogP contribution is -1.99. The summed E-state index contributed by atoms with van der Waals surface area (Å²) in [5.74, 6) is 2.22. The fraction of sp³-hybridized carbons (Fsp3) is 0.143. The molecular weight excluding hydrogens is 418 g/mol. The van der Waals surface area contributed by atoms with Crippen molar-refractivity contribution >= 4 is 33.3 Å². The van der Waals surface area contributed by atoms with Crippen LogP contribution in [0.1, 0.15) is 6.92 Å². The van der Waals surface area contributed by atoms with Crippen LogP contribution in [-0.4, -0.2) is 31.8 Å². The largest absolute Gasteiger partial charge is 0.497 e. The molecule has 0 aliphatic heterocycles. The highest BCUT2D eigenvalue weighted by Gasteiger charge is 2.19. The molecule has 1 aromatic carbocycles. The van der Waals surface area contributed by atoms with Crippen molar-refractivity contribution in [3.8, 4) is 28.5 Å². The Labute approximate surface area is 180 Å². The maximum Gasteiger partial charge on any atom is 0.200 e. The monoisotopic (exact) mass is 435 g/mol. The van der Waals surface area contributed by atoms with E-state index in [0.29, 0.717) is 18.1 Å². The standard InChI is InChI=1S/C21H17N5O2S2/c1-3-26-18(16-5-4-10-28-16)24-25-21(26)30-20-17-15(11-29-19(17)22-12-23-20)13-6-8-14(27-2)9-7-13/h4-12H,3H2,1-2H3. The van der Waals surface area contributed by atoms with Gasteiger partial charge in [0, 0.05) is 17.5 Å². The van der Waals surface area contributed by atoms with Crippen LogP contribution in [0.4, 0.5) is 0 Å². The second-order valence-corrected chi connectivity index (χ2v) is 8.18. The van der Waals surface area contributed by atoms with Gasteiger partial charge in [-0.3, -0.25) is 4.57 Å². The molecule has 0 aliphatic carbocycles. The molecular formula is C21H17N5O2S2. The van der Waals surface area contributed by atoms with Crippen LogP contribution in [-0.2, 0) is 6.54 Å². The molecule has 4 aromatic heterocycles.